The second-order valence-corrected chi connectivity index (χ2v) is 5.94. The third-order valence-corrected chi connectivity index (χ3v) is 3.58. The van der Waals surface area contributed by atoms with Gasteiger partial charge < -0.3 is 9.84 Å². The Morgan fingerprint density at radius 3 is 2.60 bits per heavy atom. The molecule has 0 atom stereocenters. The van der Waals surface area contributed by atoms with Crippen LogP contribution in [0.3, 0.4) is 0 Å². The summed E-state index contributed by atoms with van der Waals surface area (Å²) in [4.78, 5) is 4.49. The molecule has 20 heavy (non-hydrogen) atoms. The van der Waals surface area contributed by atoms with Gasteiger partial charge in [-0.25, -0.2) is 4.98 Å². The van der Waals surface area contributed by atoms with Crippen molar-refractivity contribution in [2.45, 2.75) is 33.3 Å². The summed E-state index contributed by atoms with van der Waals surface area (Å²) in [5.74, 6) is 1.50. The summed E-state index contributed by atoms with van der Waals surface area (Å²) in [7, 11) is 0. The standard InChI is InChI=1S/C16H18BrNO2/c1-10(2)14-7-12(9-19)8-16(18-14)20-15-5-4-11(3)6-13(15)17/h4-8,10,19H,9H2,1-3H3. The van der Waals surface area contributed by atoms with Crippen molar-refractivity contribution in [3.05, 3.63) is 51.6 Å². The maximum atomic E-state index is 9.33. The van der Waals surface area contributed by atoms with E-state index in [0.29, 0.717) is 11.6 Å². The summed E-state index contributed by atoms with van der Waals surface area (Å²) in [5.41, 5.74) is 2.88. The van der Waals surface area contributed by atoms with Gasteiger partial charge in [0.25, 0.3) is 0 Å². The number of hydrogen-bond acceptors (Lipinski definition) is 3. The van der Waals surface area contributed by atoms with Crippen molar-refractivity contribution in [3.8, 4) is 11.6 Å². The number of pyridine rings is 1. The fraction of sp³-hybridized carbons (Fsp3) is 0.312. The van der Waals surface area contributed by atoms with E-state index in [1.807, 2.05) is 31.2 Å². The second kappa shape index (κ2) is 6.37. The molecule has 0 amide bonds. The molecule has 0 unspecified atom stereocenters. The third kappa shape index (κ3) is 3.58. The largest absolute Gasteiger partial charge is 0.438 e. The van der Waals surface area contributed by atoms with E-state index < -0.39 is 0 Å². The zero-order valence-electron chi connectivity index (χ0n) is 11.9. The van der Waals surface area contributed by atoms with Gasteiger partial charge in [0.1, 0.15) is 5.75 Å². The van der Waals surface area contributed by atoms with Crippen LogP contribution in [0.25, 0.3) is 0 Å². The van der Waals surface area contributed by atoms with Gasteiger partial charge in [0.2, 0.25) is 5.88 Å². The molecule has 0 saturated heterocycles. The normalized spacial score (nSPS) is 10.9. The highest BCUT2D eigenvalue weighted by Crippen LogP contribution is 2.30. The van der Waals surface area contributed by atoms with E-state index in [1.54, 1.807) is 6.07 Å². The number of aryl methyl sites for hydroxylation is 1. The van der Waals surface area contributed by atoms with Crippen molar-refractivity contribution in [1.82, 2.24) is 4.98 Å². The molecule has 0 aliphatic heterocycles. The molecule has 0 radical (unpaired) electrons. The molecule has 0 aliphatic rings. The number of benzene rings is 1. The number of nitrogens with zero attached hydrogens (tertiary/aromatic N) is 1. The van der Waals surface area contributed by atoms with E-state index in [2.05, 4.69) is 34.8 Å². The third-order valence-electron chi connectivity index (χ3n) is 2.96. The minimum atomic E-state index is -0.0202. The lowest BCUT2D eigenvalue weighted by atomic mass is 10.1. The number of rotatable bonds is 4. The van der Waals surface area contributed by atoms with Gasteiger partial charge in [-0.2, -0.15) is 0 Å². The highest BCUT2D eigenvalue weighted by atomic mass is 79.9. The molecule has 106 valence electrons. The maximum Gasteiger partial charge on any atom is 0.219 e. The SMILES string of the molecule is Cc1ccc(Oc2cc(CO)cc(C(C)C)n2)c(Br)c1. The van der Waals surface area contributed by atoms with Gasteiger partial charge in [0.05, 0.1) is 11.1 Å². The van der Waals surface area contributed by atoms with Crippen LogP contribution in [0.5, 0.6) is 11.6 Å². The molecule has 0 fully saturated rings. The lowest BCUT2D eigenvalue weighted by Gasteiger charge is -2.12. The van der Waals surface area contributed by atoms with E-state index >= 15 is 0 Å². The van der Waals surface area contributed by atoms with E-state index in [0.717, 1.165) is 21.3 Å². The molecule has 1 aromatic carbocycles. The fourth-order valence-corrected chi connectivity index (χ4v) is 2.40. The molecular formula is C16H18BrNO2. The highest BCUT2D eigenvalue weighted by Gasteiger charge is 2.09. The first-order chi connectivity index (χ1) is 9.49. The first kappa shape index (κ1) is 15.0. The average Bonchev–Trinajstić information content (AvgIpc) is 2.41. The van der Waals surface area contributed by atoms with Crippen molar-refractivity contribution >= 4 is 15.9 Å². The number of halogens is 1. The molecule has 1 heterocycles. The molecule has 4 heteroatoms. The van der Waals surface area contributed by atoms with E-state index in [4.69, 9.17) is 4.74 Å². The Bertz CT molecular complexity index is 611. The van der Waals surface area contributed by atoms with Gasteiger partial charge in [-0.15, -0.1) is 0 Å². The van der Waals surface area contributed by atoms with Crippen LogP contribution in [-0.4, -0.2) is 10.1 Å². The molecule has 0 aliphatic carbocycles. The minimum absolute atomic E-state index is 0.0202. The molecule has 0 saturated carbocycles. The molecular weight excluding hydrogens is 318 g/mol. The lowest BCUT2D eigenvalue weighted by molar-refractivity contribution is 0.280. The van der Waals surface area contributed by atoms with Crippen molar-refractivity contribution < 1.29 is 9.84 Å². The smallest absolute Gasteiger partial charge is 0.219 e. The van der Waals surface area contributed by atoms with Crippen molar-refractivity contribution in [2.24, 2.45) is 0 Å². The van der Waals surface area contributed by atoms with Crippen LogP contribution >= 0.6 is 15.9 Å². The Morgan fingerprint density at radius 2 is 2.00 bits per heavy atom. The number of aliphatic hydroxyl groups is 1. The van der Waals surface area contributed by atoms with Gasteiger partial charge in [-0.3, -0.25) is 0 Å². The van der Waals surface area contributed by atoms with Crippen LogP contribution < -0.4 is 4.74 Å². The lowest BCUT2D eigenvalue weighted by Crippen LogP contribution is -1.99. The molecule has 0 spiro atoms. The Labute approximate surface area is 127 Å². The number of aliphatic hydroxyl groups excluding tert-OH is 1. The monoisotopic (exact) mass is 335 g/mol. The predicted molar refractivity (Wildman–Crippen MR) is 83.2 cm³/mol. The van der Waals surface area contributed by atoms with Crippen LogP contribution in [-0.2, 0) is 6.61 Å². The van der Waals surface area contributed by atoms with Crippen molar-refractivity contribution in [1.29, 1.82) is 0 Å². The quantitative estimate of drug-likeness (QED) is 0.890. The zero-order chi connectivity index (χ0) is 14.7. The Balaban J connectivity index is 2.34. The first-order valence-corrected chi connectivity index (χ1v) is 7.34. The van der Waals surface area contributed by atoms with Crippen LogP contribution in [0.1, 0.15) is 36.6 Å². The molecule has 1 N–H and O–H groups in total. The minimum Gasteiger partial charge on any atom is -0.438 e. The van der Waals surface area contributed by atoms with Gasteiger partial charge in [-0.1, -0.05) is 19.9 Å². The molecule has 3 nitrogen and oxygen atoms in total. The highest BCUT2D eigenvalue weighted by molar-refractivity contribution is 9.10. The molecule has 0 bridgehead atoms. The van der Waals surface area contributed by atoms with E-state index in [9.17, 15) is 5.11 Å². The predicted octanol–water partition coefficient (Wildman–Crippen LogP) is 4.56. The summed E-state index contributed by atoms with van der Waals surface area (Å²) in [6.07, 6.45) is 0. The second-order valence-electron chi connectivity index (χ2n) is 5.09. The van der Waals surface area contributed by atoms with Gasteiger partial charge in [0.15, 0.2) is 0 Å². The summed E-state index contributed by atoms with van der Waals surface area (Å²) in [6.45, 7) is 6.13. The molecule has 2 rings (SSSR count). The van der Waals surface area contributed by atoms with E-state index in [-0.39, 0.29) is 12.5 Å². The first-order valence-electron chi connectivity index (χ1n) is 6.55. The number of hydrogen-bond donors (Lipinski definition) is 1. The summed E-state index contributed by atoms with van der Waals surface area (Å²) in [6, 6.07) is 9.55. The van der Waals surface area contributed by atoms with Crippen LogP contribution in [0.2, 0.25) is 0 Å². The zero-order valence-corrected chi connectivity index (χ0v) is 13.4. The van der Waals surface area contributed by atoms with Crippen LogP contribution in [0, 0.1) is 6.92 Å². The van der Waals surface area contributed by atoms with Crippen LogP contribution in [0.4, 0.5) is 0 Å². The topological polar surface area (TPSA) is 42.4 Å². The van der Waals surface area contributed by atoms with Gasteiger partial charge in [0, 0.05) is 11.8 Å². The molecule has 1 aromatic heterocycles. The Morgan fingerprint density at radius 1 is 1.25 bits per heavy atom. The molecule has 2 aromatic rings. The summed E-state index contributed by atoms with van der Waals surface area (Å²) in [5, 5.41) is 9.33. The number of ether oxygens (including phenoxy) is 1. The maximum absolute atomic E-state index is 9.33. The van der Waals surface area contributed by atoms with Crippen molar-refractivity contribution in [3.63, 3.8) is 0 Å². The fourth-order valence-electron chi connectivity index (χ4n) is 1.82. The van der Waals surface area contributed by atoms with Gasteiger partial charge >= 0.3 is 0 Å². The van der Waals surface area contributed by atoms with E-state index in [1.165, 1.54) is 0 Å². The Hall–Kier alpha value is -1.39. The number of aromatic nitrogens is 1. The Kier molecular flexibility index (Phi) is 4.78. The summed E-state index contributed by atoms with van der Waals surface area (Å²) < 4.78 is 6.72. The van der Waals surface area contributed by atoms with Crippen LogP contribution in [0.15, 0.2) is 34.8 Å². The average molecular weight is 336 g/mol. The summed E-state index contributed by atoms with van der Waals surface area (Å²) >= 11 is 3.49. The van der Waals surface area contributed by atoms with Gasteiger partial charge in [-0.05, 0) is 58.1 Å². The van der Waals surface area contributed by atoms with Crippen molar-refractivity contribution in [2.75, 3.05) is 0 Å².